The van der Waals surface area contributed by atoms with Gasteiger partial charge in [0.05, 0.1) is 0 Å². The molecule has 0 amide bonds. The summed E-state index contributed by atoms with van der Waals surface area (Å²) in [6, 6.07) is 4.42. The molecule has 1 aromatic heterocycles. The first-order chi connectivity index (χ1) is 9.16. The molecule has 1 unspecified atom stereocenters. The number of hydrogen-bond acceptors (Lipinski definition) is 3. The van der Waals surface area contributed by atoms with Crippen molar-refractivity contribution in [3.8, 4) is 0 Å². The van der Waals surface area contributed by atoms with E-state index in [0.29, 0.717) is 6.04 Å². The Bertz CT molecular complexity index is 454. The minimum atomic E-state index is -0.940. The average molecular weight is 260 g/mol. The zero-order valence-electron chi connectivity index (χ0n) is 11.2. The maximum atomic E-state index is 10.5. The molecular weight excluding hydrogens is 240 g/mol. The molecule has 0 spiro atoms. The maximum Gasteiger partial charge on any atom is 0.328 e. The Morgan fingerprint density at radius 1 is 1.42 bits per heavy atom. The van der Waals surface area contributed by atoms with Crippen molar-refractivity contribution in [2.24, 2.45) is 0 Å². The molecule has 1 aliphatic rings. The molecule has 1 aliphatic heterocycles. The number of rotatable bonds is 3. The van der Waals surface area contributed by atoms with Crippen LogP contribution in [0.3, 0.4) is 0 Å². The van der Waals surface area contributed by atoms with Crippen LogP contribution in [0.1, 0.15) is 38.2 Å². The van der Waals surface area contributed by atoms with Gasteiger partial charge in [0.25, 0.3) is 0 Å². The van der Waals surface area contributed by atoms with Gasteiger partial charge >= 0.3 is 5.97 Å². The molecule has 1 atom stereocenters. The third-order valence-corrected chi connectivity index (χ3v) is 3.54. The van der Waals surface area contributed by atoms with Crippen LogP contribution in [0.2, 0.25) is 0 Å². The molecule has 102 valence electrons. The van der Waals surface area contributed by atoms with Crippen molar-refractivity contribution in [1.29, 1.82) is 0 Å². The number of aliphatic carboxylic acids is 1. The predicted molar refractivity (Wildman–Crippen MR) is 76.2 cm³/mol. The van der Waals surface area contributed by atoms with Gasteiger partial charge in [-0.1, -0.05) is 12.8 Å². The van der Waals surface area contributed by atoms with E-state index in [1.807, 2.05) is 12.1 Å². The van der Waals surface area contributed by atoms with E-state index in [1.165, 1.54) is 25.7 Å². The first-order valence-electron chi connectivity index (χ1n) is 6.80. The van der Waals surface area contributed by atoms with Crippen LogP contribution in [0.5, 0.6) is 0 Å². The minimum absolute atomic E-state index is 0.524. The predicted octanol–water partition coefficient (Wildman–Crippen LogP) is 2.95. The van der Waals surface area contributed by atoms with Crippen molar-refractivity contribution >= 4 is 17.9 Å². The summed E-state index contributed by atoms with van der Waals surface area (Å²) in [5.74, 6) is 0.0482. The van der Waals surface area contributed by atoms with Gasteiger partial charge in [0.15, 0.2) is 0 Å². The zero-order chi connectivity index (χ0) is 13.7. The molecule has 0 radical (unpaired) electrons. The lowest BCUT2D eigenvalue weighted by molar-refractivity contribution is -0.131. The Balaban J connectivity index is 2.10. The van der Waals surface area contributed by atoms with Crippen molar-refractivity contribution in [3.63, 3.8) is 0 Å². The number of pyridine rings is 1. The van der Waals surface area contributed by atoms with Crippen LogP contribution in [-0.2, 0) is 4.79 Å². The Labute approximate surface area is 113 Å². The van der Waals surface area contributed by atoms with Crippen LogP contribution >= 0.6 is 0 Å². The molecule has 19 heavy (non-hydrogen) atoms. The molecule has 4 nitrogen and oxygen atoms in total. The number of anilines is 1. The molecule has 0 bridgehead atoms. The van der Waals surface area contributed by atoms with E-state index in [2.05, 4.69) is 16.8 Å². The zero-order valence-corrected chi connectivity index (χ0v) is 11.2. The van der Waals surface area contributed by atoms with Gasteiger partial charge < -0.3 is 10.0 Å². The molecule has 1 aromatic rings. The van der Waals surface area contributed by atoms with E-state index in [4.69, 9.17) is 5.11 Å². The van der Waals surface area contributed by atoms with Crippen molar-refractivity contribution in [2.45, 2.75) is 38.6 Å². The number of aromatic nitrogens is 1. The molecule has 2 rings (SSSR count). The van der Waals surface area contributed by atoms with Crippen LogP contribution in [0.15, 0.2) is 24.4 Å². The summed E-state index contributed by atoms with van der Waals surface area (Å²) < 4.78 is 0. The summed E-state index contributed by atoms with van der Waals surface area (Å²) in [7, 11) is 0. The second kappa shape index (κ2) is 6.36. The second-order valence-electron chi connectivity index (χ2n) is 5.01. The number of carboxylic acids is 1. The Morgan fingerprint density at radius 2 is 2.26 bits per heavy atom. The largest absolute Gasteiger partial charge is 0.478 e. The summed E-state index contributed by atoms with van der Waals surface area (Å²) in [5.41, 5.74) is 0.814. The van der Waals surface area contributed by atoms with Gasteiger partial charge in [-0.15, -0.1) is 0 Å². The van der Waals surface area contributed by atoms with Gasteiger partial charge in [-0.05, 0) is 43.5 Å². The molecule has 4 heteroatoms. The molecule has 0 aromatic carbocycles. The van der Waals surface area contributed by atoms with Crippen molar-refractivity contribution < 1.29 is 9.90 Å². The second-order valence-corrected chi connectivity index (χ2v) is 5.01. The highest BCUT2D eigenvalue weighted by molar-refractivity contribution is 5.85. The monoisotopic (exact) mass is 260 g/mol. The highest BCUT2D eigenvalue weighted by Crippen LogP contribution is 2.22. The van der Waals surface area contributed by atoms with E-state index in [0.717, 1.165) is 24.0 Å². The molecule has 2 heterocycles. The average Bonchev–Trinajstić information content (AvgIpc) is 2.62. The number of nitrogens with zero attached hydrogens (tertiary/aromatic N) is 2. The molecule has 1 fully saturated rings. The lowest BCUT2D eigenvalue weighted by atomic mass is 10.1. The first-order valence-corrected chi connectivity index (χ1v) is 6.80. The summed E-state index contributed by atoms with van der Waals surface area (Å²) in [4.78, 5) is 17.3. The van der Waals surface area contributed by atoms with Gasteiger partial charge in [0.2, 0.25) is 0 Å². The van der Waals surface area contributed by atoms with Crippen LogP contribution in [0.25, 0.3) is 6.08 Å². The van der Waals surface area contributed by atoms with Crippen LogP contribution in [-0.4, -0.2) is 28.6 Å². The SMILES string of the molecule is CC1CCCCCN1c1ccc(/C=C/C(=O)O)cn1. The normalized spacial score (nSPS) is 20.5. The summed E-state index contributed by atoms with van der Waals surface area (Å²) in [5, 5.41) is 8.58. The van der Waals surface area contributed by atoms with E-state index in [-0.39, 0.29) is 0 Å². The summed E-state index contributed by atoms with van der Waals surface area (Å²) in [6.07, 6.45) is 9.43. The smallest absolute Gasteiger partial charge is 0.328 e. The van der Waals surface area contributed by atoms with Crippen LogP contribution in [0, 0.1) is 0 Å². The van der Waals surface area contributed by atoms with Gasteiger partial charge in [0, 0.05) is 24.9 Å². The molecule has 1 N–H and O–H groups in total. The number of hydrogen-bond donors (Lipinski definition) is 1. The fraction of sp³-hybridized carbons (Fsp3) is 0.467. The van der Waals surface area contributed by atoms with Crippen molar-refractivity contribution in [3.05, 3.63) is 30.0 Å². The lowest BCUT2D eigenvalue weighted by Crippen LogP contribution is -2.33. The van der Waals surface area contributed by atoms with Gasteiger partial charge in [-0.25, -0.2) is 9.78 Å². The highest BCUT2D eigenvalue weighted by atomic mass is 16.4. The van der Waals surface area contributed by atoms with Crippen LogP contribution < -0.4 is 4.90 Å². The van der Waals surface area contributed by atoms with Gasteiger partial charge in [-0.2, -0.15) is 0 Å². The first kappa shape index (κ1) is 13.6. The molecule has 0 aliphatic carbocycles. The summed E-state index contributed by atoms with van der Waals surface area (Å²) in [6.45, 7) is 3.30. The molecular formula is C15H20N2O2. The number of carbonyl (C=O) groups is 1. The quantitative estimate of drug-likeness (QED) is 0.849. The Morgan fingerprint density at radius 3 is 2.95 bits per heavy atom. The fourth-order valence-corrected chi connectivity index (χ4v) is 2.45. The van der Waals surface area contributed by atoms with E-state index in [1.54, 1.807) is 12.3 Å². The minimum Gasteiger partial charge on any atom is -0.478 e. The van der Waals surface area contributed by atoms with Crippen molar-refractivity contribution in [1.82, 2.24) is 4.98 Å². The van der Waals surface area contributed by atoms with E-state index >= 15 is 0 Å². The number of carboxylic acid groups (broad SMARTS) is 1. The molecule has 0 saturated carbocycles. The standard InChI is InChI=1S/C15H20N2O2/c1-12-5-3-2-4-10-17(12)14-8-6-13(11-16-14)7-9-15(18)19/h6-9,11-12H,2-5,10H2,1H3,(H,18,19)/b9-7+. The third-order valence-electron chi connectivity index (χ3n) is 3.54. The van der Waals surface area contributed by atoms with Gasteiger partial charge in [0.1, 0.15) is 5.82 Å². The lowest BCUT2D eigenvalue weighted by Gasteiger charge is -2.28. The van der Waals surface area contributed by atoms with E-state index in [9.17, 15) is 4.79 Å². The van der Waals surface area contributed by atoms with Gasteiger partial charge in [-0.3, -0.25) is 0 Å². The topological polar surface area (TPSA) is 53.4 Å². The fourth-order valence-electron chi connectivity index (χ4n) is 2.45. The summed E-state index contributed by atoms with van der Waals surface area (Å²) >= 11 is 0. The Hall–Kier alpha value is -1.84. The van der Waals surface area contributed by atoms with Crippen LogP contribution in [0.4, 0.5) is 5.82 Å². The Kier molecular flexibility index (Phi) is 4.55. The maximum absolute atomic E-state index is 10.5. The van der Waals surface area contributed by atoms with E-state index < -0.39 is 5.97 Å². The highest BCUT2D eigenvalue weighted by Gasteiger charge is 2.17. The molecule has 1 saturated heterocycles. The third kappa shape index (κ3) is 3.81. The van der Waals surface area contributed by atoms with Crippen molar-refractivity contribution in [2.75, 3.05) is 11.4 Å².